The molecule has 14 aromatic carbocycles. The van der Waals surface area contributed by atoms with E-state index in [0.717, 1.165) is 67.4 Å². The second-order valence-corrected chi connectivity index (χ2v) is 27.8. The van der Waals surface area contributed by atoms with Gasteiger partial charge in [-0.1, -0.05) is 255 Å². The van der Waals surface area contributed by atoms with Gasteiger partial charge in [0, 0.05) is 93.9 Å². The van der Waals surface area contributed by atoms with Crippen LogP contribution in [0.5, 0.6) is 0 Å². The number of rotatable bonds is 15. The van der Waals surface area contributed by atoms with Gasteiger partial charge in [-0.05, 0) is 103 Å². The molecule has 20 aromatic rings. The summed E-state index contributed by atoms with van der Waals surface area (Å²) in [6.45, 7) is 0. The standard InChI is InChI=1S/C98H58F3N15/c99-98(100,101)74-43-25-42-68(52-74)75-58-84(115-80-48-44-69(94-107-86(60-26-9-1-10-27-60)103-87(108-94)61-28-11-2-12-29-61)53-76(80)77-54-70(45-49-81(77)115)95-109-88(62-30-13-3-14-31-62)104-89(110-95)63-32-15-4-16-33-63)73(59-102)57-85(75)116-82-50-46-71(96-111-90(64-34-17-5-18-35-64)105-91(112-96)65-36-19-6-20-37-65)55-78(82)79-56-72(47-51-83(79)116)97-113-92(66-38-21-7-22-39-66)106-93(114-97)67-40-23-8-24-41-67/h1-58H. The van der Waals surface area contributed by atoms with E-state index >= 15 is 13.2 Å². The van der Waals surface area contributed by atoms with Gasteiger partial charge in [0.15, 0.2) is 69.9 Å². The van der Waals surface area contributed by atoms with Crippen molar-refractivity contribution in [3.05, 3.63) is 363 Å². The smallest absolute Gasteiger partial charge is 0.309 e. The fourth-order valence-corrected chi connectivity index (χ4v) is 15.0. The van der Waals surface area contributed by atoms with Crippen LogP contribution in [-0.2, 0) is 6.18 Å². The Hall–Kier alpha value is -16.0. The lowest BCUT2D eigenvalue weighted by atomic mass is 9.97. The number of hydrogen-bond acceptors (Lipinski definition) is 13. The molecule has 20 rings (SSSR count). The van der Waals surface area contributed by atoms with E-state index < -0.39 is 11.7 Å². The predicted octanol–water partition coefficient (Wildman–Crippen LogP) is 23.2. The minimum Gasteiger partial charge on any atom is -0.309 e. The molecule has 0 fully saturated rings. The van der Waals surface area contributed by atoms with Crippen molar-refractivity contribution in [2.45, 2.75) is 6.18 Å². The summed E-state index contributed by atoms with van der Waals surface area (Å²) >= 11 is 0. The molecule has 0 aliphatic carbocycles. The third kappa shape index (κ3) is 13.0. The van der Waals surface area contributed by atoms with Crippen molar-refractivity contribution in [2.75, 3.05) is 0 Å². The first-order valence-electron chi connectivity index (χ1n) is 37.5. The van der Waals surface area contributed by atoms with Gasteiger partial charge in [0.25, 0.3) is 0 Å². The molecular weight excluding hydrogens is 1440 g/mol. The largest absolute Gasteiger partial charge is 0.416 e. The highest BCUT2D eigenvalue weighted by Gasteiger charge is 2.32. The van der Waals surface area contributed by atoms with Gasteiger partial charge in [-0.15, -0.1) is 0 Å². The highest BCUT2D eigenvalue weighted by molar-refractivity contribution is 6.14. The Labute approximate surface area is 661 Å². The quantitative estimate of drug-likeness (QED) is 0.0944. The molecule has 116 heavy (non-hydrogen) atoms. The van der Waals surface area contributed by atoms with Crippen LogP contribution in [0.4, 0.5) is 13.2 Å². The molecule has 0 amide bonds. The van der Waals surface area contributed by atoms with Gasteiger partial charge in [0.2, 0.25) is 0 Å². The van der Waals surface area contributed by atoms with E-state index in [2.05, 4.69) is 6.07 Å². The molecule has 0 radical (unpaired) electrons. The highest BCUT2D eigenvalue weighted by Crippen LogP contribution is 2.46. The van der Waals surface area contributed by atoms with Gasteiger partial charge in [-0.25, -0.2) is 59.8 Å². The summed E-state index contributed by atoms with van der Waals surface area (Å²) in [5.74, 6) is 5.33. The Kier molecular flexibility index (Phi) is 17.3. The van der Waals surface area contributed by atoms with Crippen molar-refractivity contribution in [1.82, 2.24) is 68.9 Å². The lowest BCUT2D eigenvalue weighted by molar-refractivity contribution is -0.137. The van der Waals surface area contributed by atoms with E-state index in [1.54, 1.807) is 12.1 Å². The number of hydrogen-bond donors (Lipinski definition) is 0. The molecule has 0 atom stereocenters. The second-order valence-electron chi connectivity index (χ2n) is 27.8. The van der Waals surface area contributed by atoms with Crippen LogP contribution in [0.15, 0.2) is 352 Å². The molecule has 15 nitrogen and oxygen atoms in total. The SMILES string of the molecule is N#Cc1cc(-n2c3ccc(-c4nc(-c5ccccc5)nc(-c5ccccc5)n4)cc3c3cc(-c4nc(-c5ccccc5)nc(-c5ccccc5)n4)ccc32)c(-c2cccc(C(F)(F)F)c2)cc1-n1c2ccc(-c3nc(-c4ccccc4)nc(-c4ccccc4)n3)cc2c2cc(-c3nc(-c4ccccc4)nc(-c4ccccc4)n3)ccc21. The zero-order valence-corrected chi connectivity index (χ0v) is 61.3. The first-order chi connectivity index (χ1) is 57.0. The number of halogens is 3. The maximum absolute atomic E-state index is 15.5. The number of nitriles is 1. The monoisotopic (exact) mass is 1500 g/mol. The van der Waals surface area contributed by atoms with Crippen molar-refractivity contribution in [3.63, 3.8) is 0 Å². The Balaban J connectivity index is 0.844. The van der Waals surface area contributed by atoms with Crippen LogP contribution in [0.25, 0.3) is 203 Å². The molecule has 546 valence electrons. The van der Waals surface area contributed by atoms with Gasteiger partial charge < -0.3 is 9.13 Å². The normalized spacial score (nSPS) is 11.6. The molecule has 0 aliphatic rings. The van der Waals surface area contributed by atoms with Gasteiger partial charge in [-0.3, -0.25) is 0 Å². The summed E-state index contributed by atoms with van der Waals surface area (Å²) < 4.78 is 50.6. The summed E-state index contributed by atoms with van der Waals surface area (Å²) in [5.41, 5.74) is 12.2. The number of alkyl halides is 3. The predicted molar refractivity (Wildman–Crippen MR) is 449 cm³/mol. The van der Waals surface area contributed by atoms with E-state index in [1.165, 1.54) is 6.07 Å². The third-order valence-corrected chi connectivity index (χ3v) is 20.6. The van der Waals surface area contributed by atoms with Crippen molar-refractivity contribution in [2.24, 2.45) is 0 Å². The van der Waals surface area contributed by atoms with Crippen LogP contribution in [0.1, 0.15) is 11.1 Å². The summed E-state index contributed by atoms with van der Waals surface area (Å²) in [5, 5.41) is 15.0. The molecule has 18 heteroatoms. The molecule has 0 spiro atoms. The van der Waals surface area contributed by atoms with Crippen LogP contribution in [-0.4, -0.2) is 68.9 Å². The third-order valence-electron chi connectivity index (χ3n) is 20.6. The Morgan fingerprint density at radius 1 is 0.216 bits per heavy atom. The second kappa shape index (κ2) is 29.0. The number of aromatic nitrogens is 14. The van der Waals surface area contributed by atoms with Crippen LogP contribution in [0, 0.1) is 11.3 Å². The summed E-state index contributed by atoms with van der Waals surface area (Å²) in [7, 11) is 0. The van der Waals surface area contributed by atoms with Gasteiger partial charge in [-0.2, -0.15) is 18.4 Å². The number of benzene rings is 14. The van der Waals surface area contributed by atoms with Crippen molar-refractivity contribution in [1.29, 1.82) is 5.26 Å². The fraction of sp³-hybridized carbons (Fsp3) is 0.0102. The molecule has 0 aliphatic heterocycles. The number of nitrogens with zero attached hydrogens (tertiary/aromatic N) is 15. The highest BCUT2D eigenvalue weighted by atomic mass is 19.4. The lowest BCUT2D eigenvalue weighted by Crippen LogP contribution is -2.06. The maximum atomic E-state index is 15.5. The number of fused-ring (bicyclic) bond motifs is 6. The van der Waals surface area contributed by atoms with Crippen LogP contribution >= 0.6 is 0 Å². The first kappa shape index (κ1) is 69.2. The maximum Gasteiger partial charge on any atom is 0.416 e. The minimum atomic E-state index is -4.75. The molecule has 6 aromatic heterocycles. The average Bonchev–Trinajstić information content (AvgIpc) is 1.57. The van der Waals surface area contributed by atoms with E-state index in [-0.39, 0.29) is 11.1 Å². The molecule has 0 unspecified atom stereocenters. The minimum absolute atomic E-state index is 0.194. The van der Waals surface area contributed by atoms with Gasteiger partial charge in [0.05, 0.1) is 44.6 Å². The fourth-order valence-electron chi connectivity index (χ4n) is 15.0. The Morgan fingerprint density at radius 3 is 0.672 bits per heavy atom. The van der Waals surface area contributed by atoms with Crippen LogP contribution in [0.3, 0.4) is 0 Å². The van der Waals surface area contributed by atoms with Gasteiger partial charge in [0.1, 0.15) is 6.07 Å². The topological polar surface area (TPSA) is 188 Å². The first-order valence-corrected chi connectivity index (χ1v) is 37.5. The van der Waals surface area contributed by atoms with E-state index in [1.807, 2.05) is 331 Å². The molecule has 0 saturated carbocycles. The van der Waals surface area contributed by atoms with E-state index in [9.17, 15) is 5.26 Å². The summed E-state index contributed by atoms with van der Waals surface area (Å²) in [6, 6.07) is 113. The summed E-state index contributed by atoms with van der Waals surface area (Å²) in [4.78, 5) is 61.4. The molecular formula is C98H58F3N15. The zero-order chi connectivity index (χ0) is 77.8. The van der Waals surface area contributed by atoms with E-state index in [0.29, 0.717) is 142 Å². The summed E-state index contributed by atoms with van der Waals surface area (Å²) in [6.07, 6.45) is -4.75. The zero-order valence-electron chi connectivity index (χ0n) is 61.3. The molecule has 0 saturated heterocycles. The molecule has 0 bridgehead atoms. The molecule has 0 N–H and O–H groups in total. The van der Waals surface area contributed by atoms with Crippen LogP contribution < -0.4 is 0 Å². The van der Waals surface area contributed by atoms with Crippen LogP contribution in [0.2, 0.25) is 0 Å². The molecule has 6 heterocycles. The van der Waals surface area contributed by atoms with Crippen molar-refractivity contribution < 1.29 is 13.2 Å². The Bertz CT molecular complexity index is 6640. The van der Waals surface area contributed by atoms with E-state index in [4.69, 9.17) is 59.8 Å². The van der Waals surface area contributed by atoms with Crippen molar-refractivity contribution in [3.8, 4) is 165 Å². The van der Waals surface area contributed by atoms with Gasteiger partial charge >= 0.3 is 6.18 Å². The van der Waals surface area contributed by atoms with Crippen molar-refractivity contribution >= 4 is 43.6 Å². The lowest BCUT2D eigenvalue weighted by Gasteiger charge is -2.19. The Morgan fingerprint density at radius 2 is 0.440 bits per heavy atom. The average molecular weight is 1500 g/mol.